The second-order valence-electron chi connectivity index (χ2n) is 5.96. The highest BCUT2D eigenvalue weighted by Gasteiger charge is 2.40. The number of imide groups is 1. The minimum Gasteiger partial charge on any atom is -0.495 e. The minimum absolute atomic E-state index is 0.129. The van der Waals surface area contributed by atoms with Crippen LogP contribution in [-0.4, -0.2) is 25.0 Å². The average molecular weight is 324 g/mol. The number of nitrogens with one attached hydrogen (secondary N) is 1. The van der Waals surface area contributed by atoms with E-state index in [2.05, 4.69) is 5.32 Å². The number of carbonyl (C=O) groups excluding carboxylic acids is 2. The van der Waals surface area contributed by atoms with Gasteiger partial charge in [0.15, 0.2) is 0 Å². The Bertz CT molecular complexity index is 801. The number of para-hydroxylation sites is 2. The monoisotopic (exact) mass is 324 g/mol. The Labute approximate surface area is 141 Å². The molecule has 2 amide bonds. The molecule has 1 saturated heterocycles. The van der Waals surface area contributed by atoms with Crippen molar-refractivity contribution in [2.24, 2.45) is 0 Å². The second kappa shape index (κ2) is 6.35. The number of hydrogen-bond donors (Lipinski definition) is 1. The molecule has 1 atom stereocenters. The summed E-state index contributed by atoms with van der Waals surface area (Å²) < 4.78 is 5.29. The Morgan fingerprint density at radius 1 is 1.12 bits per heavy atom. The molecule has 124 valence electrons. The van der Waals surface area contributed by atoms with Crippen molar-refractivity contribution in [2.45, 2.75) is 26.3 Å². The summed E-state index contributed by atoms with van der Waals surface area (Å²) in [5.74, 6) is 0.212. The fourth-order valence-electron chi connectivity index (χ4n) is 2.91. The molecule has 1 heterocycles. The standard InChI is InChI=1S/C19H20N2O3/c1-12-8-9-13(2)16(10-12)21-18(22)11-15(19(21)23)20-14-6-4-5-7-17(14)24-3/h4-10,15,20H,11H2,1-3H3/t15-/m1/s1. The molecule has 5 heteroatoms. The van der Waals surface area contributed by atoms with Crippen LogP contribution in [0.15, 0.2) is 42.5 Å². The van der Waals surface area contributed by atoms with E-state index in [0.29, 0.717) is 17.1 Å². The average Bonchev–Trinajstić information content (AvgIpc) is 2.84. The molecule has 3 rings (SSSR count). The van der Waals surface area contributed by atoms with Crippen LogP contribution in [0.1, 0.15) is 17.5 Å². The Kier molecular flexibility index (Phi) is 4.25. The van der Waals surface area contributed by atoms with E-state index < -0.39 is 6.04 Å². The van der Waals surface area contributed by atoms with Gasteiger partial charge in [0.25, 0.3) is 5.91 Å². The molecule has 1 N–H and O–H groups in total. The van der Waals surface area contributed by atoms with Gasteiger partial charge in [0.05, 0.1) is 24.9 Å². The third-order valence-corrected chi connectivity index (χ3v) is 4.19. The van der Waals surface area contributed by atoms with E-state index in [1.807, 2.05) is 56.3 Å². The summed E-state index contributed by atoms with van der Waals surface area (Å²) in [6.07, 6.45) is 0.129. The van der Waals surface area contributed by atoms with Gasteiger partial charge in [0.1, 0.15) is 11.8 Å². The molecule has 1 aliphatic heterocycles. The number of benzene rings is 2. The highest BCUT2D eigenvalue weighted by Crippen LogP contribution is 2.30. The van der Waals surface area contributed by atoms with Crippen molar-refractivity contribution in [2.75, 3.05) is 17.3 Å². The Balaban J connectivity index is 1.88. The first-order chi connectivity index (χ1) is 11.5. The Morgan fingerprint density at radius 3 is 2.62 bits per heavy atom. The number of carbonyl (C=O) groups is 2. The van der Waals surface area contributed by atoms with Crippen LogP contribution in [0, 0.1) is 13.8 Å². The molecule has 0 aliphatic carbocycles. The summed E-state index contributed by atoms with van der Waals surface area (Å²) in [5.41, 5.74) is 3.28. The fraction of sp³-hybridized carbons (Fsp3) is 0.263. The van der Waals surface area contributed by atoms with Gasteiger partial charge in [-0.3, -0.25) is 9.59 Å². The molecule has 0 radical (unpaired) electrons. The number of aryl methyl sites for hydroxylation is 2. The lowest BCUT2D eigenvalue weighted by Crippen LogP contribution is -2.35. The number of rotatable bonds is 4. The number of nitrogens with zero attached hydrogens (tertiary/aromatic N) is 1. The first kappa shape index (κ1) is 16.1. The minimum atomic E-state index is -0.589. The maximum Gasteiger partial charge on any atom is 0.256 e. The maximum atomic E-state index is 12.8. The topological polar surface area (TPSA) is 58.6 Å². The molecule has 0 unspecified atom stereocenters. The Hall–Kier alpha value is -2.82. The number of anilines is 2. The van der Waals surface area contributed by atoms with Gasteiger partial charge >= 0.3 is 0 Å². The maximum absolute atomic E-state index is 12.8. The summed E-state index contributed by atoms with van der Waals surface area (Å²) in [6.45, 7) is 3.84. The smallest absolute Gasteiger partial charge is 0.256 e. The van der Waals surface area contributed by atoms with Crippen molar-refractivity contribution < 1.29 is 14.3 Å². The fourth-order valence-corrected chi connectivity index (χ4v) is 2.91. The van der Waals surface area contributed by atoms with Crippen molar-refractivity contribution in [3.8, 4) is 5.75 Å². The molecule has 1 aliphatic rings. The van der Waals surface area contributed by atoms with Crippen LogP contribution in [0.3, 0.4) is 0 Å². The van der Waals surface area contributed by atoms with Crippen LogP contribution in [0.5, 0.6) is 5.75 Å². The summed E-state index contributed by atoms with van der Waals surface area (Å²) in [4.78, 5) is 26.5. The SMILES string of the molecule is COc1ccccc1N[C@@H]1CC(=O)N(c2cc(C)ccc2C)C1=O. The van der Waals surface area contributed by atoms with Gasteiger partial charge in [-0.15, -0.1) is 0 Å². The van der Waals surface area contributed by atoms with Gasteiger partial charge < -0.3 is 10.1 Å². The lowest BCUT2D eigenvalue weighted by Gasteiger charge is -2.19. The number of ether oxygens (including phenoxy) is 1. The molecule has 24 heavy (non-hydrogen) atoms. The Morgan fingerprint density at radius 2 is 1.88 bits per heavy atom. The zero-order chi connectivity index (χ0) is 17.3. The summed E-state index contributed by atoms with van der Waals surface area (Å²) >= 11 is 0. The normalized spacial score (nSPS) is 17.3. The van der Waals surface area contributed by atoms with Gasteiger partial charge in [-0.05, 0) is 43.2 Å². The van der Waals surface area contributed by atoms with Crippen molar-refractivity contribution in [3.05, 3.63) is 53.6 Å². The molecule has 0 saturated carbocycles. The highest BCUT2D eigenvalue weighted by molar-refractivity contribution is 6.23. The predicted octanol–water partition coefficient (Wildman–Crippen LogP) is 3.06. The lowest BCUT2D eigenvalue weighted by atomic mass is 10.1. The van der Waals surface area contributed by atoms with Crippen LogP contribution >= 0.6 is 0 Å². The second-order valence-corrected chi connectivity index (χ2v) is 5.96. The van der Waals surface area contributed by atoms with E-state index in [4.69, 9.17) is 4.74 Å². The van der Waals surface area contributed by atoms with Crippen molar-refractivity contribution in [1.82, 2.24) is 0 Å². The molecular formula is C19H20N2O3. The number of hydrogen-bond acceptors (Lipinski definition) is 4. The van der Waals surface area contributed by atoms with Crippen molar-refractivity contribution >= 4 is 23.2 Å². The predicted molar refractivity (Wildman–Crippen MR) is 93.4 cm³/mol. The van der Waals surface area contributed by atoms with Gasteiger partial charge in [0, 0.05) is 0 Å². The number of amides is 2. The first-order valence-electron chi connectivity index (χ1n) is 7.85. The third kappa shape index (κ3) is 2.85. The molecule has 0 spiro atoms. The van der Waals surface area contributed by atoms with Crippen molar-refractivity contribution in [3.63, 3.8) is 0 Å². The third-order valence-electron chi connectivity index (χ3n) is 4.19. The van der Waals surface area contributed by atoms with E-state index >= 15 is 0 Å². The van der Waals surface area contributed by atoms with Crippen LogP contribution < -0.4 is 15.0 Å². The quantitative estimate of drug-likeness (QED) is 0.878. The van der Waals surface area contributed by atoms with Crippen LogP contribution in [-0.2, 0) is 9.59 Å². The molecule has 0 aromatic heterocycles. The highest BCUT2D eigenvalue weighted by atomic mass is 16.5. The van der Waals surface area contributed by atoms with Crippen LogP contribution in [0.2, 0.25) is 0 Å². The van der Waals surface area contributed by atoms with E-state index in [0.717, 1.165) is 11.1 Å². The van der Waals surface area contributed by atoms with E-state index in [1.54, 1.807) is 7.11 Å². The zero-order valence-corrected chi connectivity index (χ0v) is 14.0. The van der Waals surface area contributed by atoms with E-state index in [-0.39, 0.29) is 18.2 Å². The zero-order valence-electron chi connectivity index (χ0n) is 14.0. The molecule has 5 nitrogen and oxygen atoms in total. The molecule has 2 aromatic carbocycles. The van der Waals surface area contributed by atoms with Gasteiger partial charge in [0.2, 0.25) is 5.91 Å². The first-order valence-corrected chi connectivity index (χ1v) is 7.85. The van der Waals surface area contributed by atoms with Gasteiger partial charge in [-0.2, -0.15) is 0 Å². The lowest BCUT2D eigenvalue weighted by molar-refractivity contribution is -0.121. The molecular weight excluding hydrogens is 304 g/mol. The van der Waals surface area contributed by atoms with Gasteiger partial charge in [-0.1, -0.05) is 24.3 Å². The largest absolute Gasteiger partial charge is 0.495 e. The molecule has 2 aromatic rings. The van der Waals surface area contributed by atoms with Crippen LogP contribution in [0.4, 0.5) is 11.4 Å². The van der Waals surface area contributed by atoms with E-state index in [1.165, 1.54) is 4.90 Å². The summed E-state index contributed by atoms with van der Waals surface area (Å²) in [5, 5.41) is 3.14. The van der Waals surface area contributed by atoms with Crippen molar-refractivity contribution in [1.29, 1.82) is 0 Å². The molecule has 0 bridgehead atoms. The molecule has 1 fully saturated rings. The summed E-state index contributed by atoms with van der Waals surface area (Å²) in [7, 11) is 1.57. The van der Waals surface area contributed by atoms with Gasteiger partial charge in [-0.25, -0.2) is 4.90 Å². The summed E-state index contributed by atoms with van der Waals surface area (Å²) in [6, 6.07) is 12.5. The van der Waals surface area contributed by atoms with E-state index in [9.17, 15) is 9.59 Å². The number of methoxy groups -OCH3 is 1. The van der Waals surface area contributed by atoms with Crippen LogP contribution in [0.25, 0.3) is 0 Å².